The van der Waals surface area contributed by atoms with Gasteiger partial charge in [-0.3, -0.25) is 14.3 Å². The maximum Gasteiger partial charge on any atom is 0.312 e. The zero-order valence-corrected chi connectivity index (χ0v) is 8.43. The number of carbonyl (C=O) groups excluding carboxylic acids is 1. The number of aliphatic carboxylic acids is 1. The third kappa shape index (κ3) is 4.26. The van der Waals surface area contributed by atoms with E-state index in [4.69, 9.17) is 5.11 Å². The van der Waals surface area contributed by atoms with Gasteiger partial charge in [-0.1, -0.05) is 0 Å². The van der Waals surface area contributed by atoms with Crippen LogP contribution < -0.4 is 5.32 Å². The molecule has 0 aliphatic rings. The molecule has 0 aromatic carbocycles. The smallest absolute Gasteiger partial charge is 0.312 e. The molecule has 0 unspecified atom stereocenters. The first-order valence-electron chi connectivity index (χ1n) is 4.55. The van der Waals surface area contributed by atoms with Crippen molar-refractivity contribution >= 4 is 11.9 Å². The molecule has 0 saturated heterocycles. The average molecular weight is 211 g/mol. The highest BCUT2D eigenvalue weighted by atomic mass is 16.4. The summed E-state index contributed by atoms with van der Waals surface area (Å²) in [5.41, 5.74) is 0.869. The van der Waals surface area contributed by atoms with Crippen LogP contribution in [0.4, 0.5) is 0 Å². The fraction of sp³-hybridized carbons (Fsp3) is 0.444. The van der Waals surface area contributed by atoms with Crippen LogP contribution in [0, 0.1) is 0 Å². The van der Waals surface area contributed by atoms with E-state index in [1.165, 1.54) is 0 Å². The topological polar surface area (TPSA) is 84.2 Å². The van der Waals surface area contributed by atoms with Crippen molar-refractivity contribution in [2.45, 2.75) is 12.8 Å². The fourth-order valence-corrected chi connectivity index (χ4v) is 1.13. The van der Waals surface area contributed by atoms with E-state index < -0.39 is 18.3 Å². The van der Waals surface area contributed by atoms with E-state index in [-0.39, 0.29) is 0 Å². The zero-order chi connectivity index (χ0) is 11.3. The number of hydrogen-bond donors (Lipinski definition) is 2. The number of carboxylic acid groups (broad SMARTS) is 1. The lowest BCUT2D eigenvalue weighted by Crippen LogP contribution is -2.27. The van der Waals surface area contributed by atoms with Crippen LogP contribution in [0.2, 0.25) is 0 Å². The molecule has 1 amide bonds. The van der Waals surface area contributed by atoms with Crippen LogP contribution in [-0.4, -0.2) is 33.3 Å². The number of rotatable bonds is 5. The number of hydrogen-bond acceptors (Lipinski definition) is 3. The third-order valence-corrected chi connectivity index (χ3v) is 1.78. The molecular weight excluding hydrogens is 198 g/mol. The molecule has 0 saturated carbocycles. The van der Waals surface area contributed by atoms with Crippen molar-refractivity contribution < 1.29 is 14.7 Å². The molecule has 1 aromatic rings. The first-order valence-corrected chi connectivity index (χ1v) is 4.55. The molecule has 0 fully saturated rings. The molecule has 1 heterocycles. The molecule has 0 aliphatic carbocycles. The minimum Gasteiger partial charge on any atom is -0.481 e. The molecule has 15 heavy (non-hydrogen) atoms. The Morgan fingerprint density at radius 2 is 2.33 bits per heavy atom. The Hall–Kier alpha value is -1.85. The van der Waals surface area contributed by atoms with Crippen LogP contribution in [-0.2, 0) is 23.1 Å². The lowest BCUT2D eigenvalue weighted by molar-refractivity contribution is -0.140. The van der Waals surface area contributed by atoms with E-state index >= 15 is 0 Å². The van der Waals surface area contributed by atoms with Crippen LogP contribution in [0.3, 0.4) is 0 Å². The van der Waals surface area contributed by atoms with E-state index in [1.54, 1.807) is 4.68 Å². The molecule has 1 rings (SSSR count). The Bertz CT molecular complexity index is 359. The average Bonchev–Trinajstić information content (AvgIpc) is 2.50. The van der Waals surface area contributed by atoms with E-state index in [0.717, 1.165) is 5.69 Å². The van der Waals surface area contributed by atoms with Crippen LogP contribution in [0.15, 0.2) is 12.3 Å². The Labute approximate surface area is 86.9 Å². The molecular formula is C9H13N3O3. The third-order valence-electron chi connectivity index (χ3n) is 1.78. The molecule has 6 nitrogen and oxygen atoms in total. The SMILES string of the molecule is Cn1ccc(CCNC(=O)CC(=O)O)n1. The normalized spacial score (nSPS) is 9.93. The second-order valence-electron chi connectivity index (χ2n) is 3.15. The molecule has 82 valence electrons. The van der Waals surface area contributed by atoms with Crippen molar-refractivity contribution in [3.8, 4) is 0 Å². The molecule has 0 radical (unpaired) electrons. The summed E-state index contributed by atoms with van der Waals surface area (Å²) in [5, 5.41) is 14.9. The standard InChI is InChI=1S/C9H13N3O3/c1-12-5-3-7(11-12)2-4-10-8(13)6-9(14)15/h3,5H,2,4,6H2,1H3,(H,10,13)(H,14,15). The predicted octanol–water partition coefficient (Wildman–Crippen LogP) is -0.447. The van der Waals surface area contributed by atoms with Crippen molar-refractivity contribution in [2.75, 3.05) is 6.54 Å². The van der Waals surface area contributed by atoms with Crippen molar-refractivity contribution in [1.82, 2.24) is 15.1 Å². The fourth-order valence-electron chi connectivity index (χ4n) is 1.13. The van der Waals surface area contributed by atoms with Gasteiger partial charge in [0.25, 0.3) is 0 Å². The Kier molecular flexibility index (Phi) is 3.84. The summed E-state index contributed by atoms with van der Waals surface area (Å²) >= 11 is 0. The number of amides is 1. The minimum atomic E-state index is -1.12. The van der Waals surface area contributed by atoms with Gasteiger partial charge in [0.15, 0.2) is 0 Å². The van der Waals surface area contributed by atoms with E-state index in [1.807, 2.05) is 19.3 Å². The summed E-state index contributed by atoms with van der Waals surface area (Å²) < 4.78 is 1.68. The first kappa shape index (κ1) is 11.2. The zero-order valence-electron chi connectivity index (χ0n) is 8.43. The second-order valence-corrected chi connectivity index (χ2v) is 3.15. The summed E-state index contributed by atoms with van der Waals surface area (Å²) in [4.78, 5) is 21.1. The number of aromatic nitrogens is 2. The van der Waals surface area contributed by atoms with Gasteiger partial charge in [0.05, 0.1) is 5.69 Å². The van der Waals surface area contributed by atoms with Gasteiger partial charge < -0.3 is 10.4 Å². The summed E-state index contributed by atoms with van der Waals surface area (Å²) in [6.45, 7) is 0.406. The lowest BCUT2D eigenvalue weighted by atomic mass is 10.3. The van der Waals surface area contributed by atoms with Gasteiger partial charge in [0, 0.05) is 26.2 Å². The summed E-state index contributed by atoms with van der Waals surface area (Å²) in [5.74, 6) is -1.59. The van der Waals surface area contributed by atoms with Crippen LogP contribution in [0.5, 0.6) is 0 Å². The van der Waals surface area contributed by atoms with Crippen LogP contribution in [0.1, 0.15) is 12.1 Å². The minimum absolute atomic E-state index is 0.406. The quantitative estimate of drug-likeness (QED) is 0.646. The molecule has 1 aromatic heterocycles. The molecule has 0 aliphatic heterocycles. The summed E-state index contributed by atoms with van der Waals surface area (Å²) in [7, 11) is 1.81. The highest BCUT2D eigenvalue weighted by Crippen LogP contribution is 1.94. The summed E-state index contributed by atoms with van der Waals surface area (Å²) in [6.07, 6.45) is 1.93. The Balaban J connectivity index is 2.22. The highest BCUT2D eigenvalue weighted by Gasteiger charge is 2.06. The molecule has 0 atom stereocenters. The van der Waals surface area contributed by atoms with E-state index in [2.05, 4.69) is 10.4 Å². The van der Waals surface area contributed by atoms with Crippen molar-refractivity contribution in [1.29, 1.82) is 0 Å². The van der Waals surface area contributed by atoms with Crippen molar-refractivity contribution in [3.05, 3.63) is 18.0 Å². The lowest BCUT2D eigenvalue weighted by Gasteiger charge is -2.00. The van der Waals surface area contributed by atoms with E-state index in [0.29, 0.717) is 13.0 Å². The second kappa shape index (κ2) is 5.14. The van der Waals surface area contributed by atoms with Gasteiger partial charge in [0.2, 0.25) is 5.91 Å². The molecule has 2 N–H and O–H groups in total. The molecule has 0 bridgehead atoms. The van der Waals surface area contributed by atoms with Gasteiger partial charge in [-0.15, -0.1) is 0 Å². The van der Waals surface area contributed by atoms with Gasteiger partial charge in [-0.2, -0.15) is 5.10 Å². The number of nitrogens with one attached hydrogen (secondary N) is 1. The largest absolute Gasteiger partial charge is 0.481 e. The van der Waals surface area contributed by atoms with Crippen molar-refractivity contribution in [2.24, 2.45) is 7.05 Å². The maximum absolute atomic E-state index is 10.9. The van der Waals surface area contributed by atoms with E-state index in [9.17, 15) is 9.59 Å². The first-order chi connectivity index (χ1) is 7.08. The number of carboxylic acids is 1. The number of nitrogens with zero attached hydrogens (tertiary/aromatic N) is 2. The number of carbonyl (C=O) groups is 2. The highest BCUT2D eigenvalue weighted by molar-refractivity contribution is 5.93. The predicted molar refractivity (Wildman–Crippen MR) is 52.2 cm³/mol. The van der Waals surface area contributed by atoms with Gasteiger partial charge in [-0.05, 0) is 6.07 Å². The maximum atomic E-state index is 10.9. The molecule has 6 heteroatoms. The Morgan fingerprint density at radius 1 is 1.60 bits per heavy atom. The van der Waals surface area contributed by atoms with Crippen molar-refractivity contribution in [3.63, 3.8) is 0 Å². The Morgan fingerprint density at radius 3 is 2.87 bits per heavy atom. The molecule has 0 spiro atoms. The monoisotopic (exact) mass is 211 g/mol. The van der Waals surface area contributed by atoms with Gasteiger partial charge in [0.1, 0.15) is 6.42 Å². The van der Waals surface area contributed by atoms with Crippen LogP contribution >= 0.6 is 0 Å². The van der Waals surface area contributed by atoms with Gasteiger partial charge in [-0.25, -0.2) is 0 Å². The number of aryl methyl sites for hydroxylation is 1. The summed E-state index contributed by atoms with van der Waals surface area (Å²) in [6, 6.07) is 1.85. The van der Waals surface area contributed by atoms with Crippen LogP contribution in [0.25, 0.3) is 0 Å². The van der Waals surface area contributed by atoms with Gasteiger partial charge >= 0.3 is 5.97 Å².